The summed E-state index contributed by atoms with van der Waals surface area (Å²) in [5, 5.41) is 3.55. The minimum Gasteiger partial charge on any atom is -0.378 e. The smallest absolute Gasteiger partial charge is 0.378 e. The molecule has 2 fully saturated rings. The van der Waals surface area contributed by atoms with Gasteiger partial charge in [-0.1, -0.05) is 30.0 Å². The van der Waals surface area contributed by atoms with Gasteiger partial charge < -0.3 is 24.6 Å². The molecule has 8 nitrogen and oxygen atoms in total. The fourth-order valence-electron chi connectivity index (χ4n) is 4.99. The number of thioether (sulfide) groups is 1. The number of ether oxygens (including phenoxy) is 2. The van der Waals surface area contributed by atoms with E-state index in [1.54, 1.807) is 13.2 Å². The molecule has 42 heavy (non-hydrogen) atoms. The lowest BCUT2D eigenvalue weighted by Crippen LogP contribution is -2.47. The molecule has 0 bridgehead atoms. The number of nitrogens with one attached hydrogen (secondary N) is 1. The minimum absolute atomic E-state index is 0.0996. The number of anilines is 2. The Morgan fingerprint density at radius 1 is 1.07 bits per heavy atom. The number of piperazine rings is 1. The van der Waals surface area contributed by atoms with E-state index in [9.17, 15) is 18.0 Å². The van der Waals surface area contributed by atoms with Crippen LogP contribution in [0.4, 0.5) is 24.7 Å². The quantitative estimate of drug-likeness (QED) is 0.252. The molecular weight excluding hydrogens is 567 g/mol. The Labute approximate surface area is 247 Å². The first kappa shape index (κ1) is 30.1. The summed E-state index contributed by atoms with van der Waals surface area (Å²) >= 11 is 1.50. The number of amides is 1. The van der Waals surface area contributed by atoms with Crippen LogP contribution >= 0.6 is 11.8 Å². The van der Waals surface area contributed by atoms with Gasteiger partial charge in [-0.15, -0.1) is 0 Å². The lowest BCUT2D eigenvalue weighted by atomic mass is 10.1. The van der Waals surface area contributed by atoms with Crippen molar-refractivity contribution in [3.63, 3.8) is 0 Å². The summed E-state index contributed by atoms with van der Waals surface area (Å²) in [6.07, 6.45) is -2.26. The second-order valence-electron chi connectivity index (χ2n) is 10.3. The number of rotatable bonds is 10. The Morgan fingerprint density at radius 3 is 2.52 bits per heavy atom. The lowest BCUT2D eigenvalue weighted by molar-refractivity contribution is -0.137. The van der Waals surface area contributed by atoms with Crippen molar-refractivity contribution in [3.05, 3.63) is 77.0 Å². The first-order chi connectivity index (χ1) is 20.3. The third kappa shape index (κ3) is 7.93. The number of carbonyl (C=O) groups is 1. The van der Waals surface area contributed by atoms with Gasteiger partial charge in [0.05, 0.1) is 24.0 Å². The molecule has 0 aliphatic carbocycles. The molecule has 3 aromatic rings. The molecule has 1 unspecified atom stereocenters. The molecule has 2 aliphatic heterocycles. The number of methoxy groups -OCH3 is 1. The summed E-state index contributed by atoms with van der Waals surface area (Å²) in [6.45, 7) is 3.98. The van der Waals surface area contributed by atoms with E-state index in [1.807, 2.05) is 35.2 Å². The van der Waals surface area contributed by atoms with Crippen molar-refractivity contribution in [2.75, 3.05) is 56.2 Å². The van der Waals surface area contributed by atoms with Crippen LogP contribution in [0.25, 0.3) is 0 Å². The van der Waals surface area contributed by atoms with E-state index in [-0.39, 0.29) is 12.0 Å². The van der Waals surface area contributed by atoms with E-state index in [1.165, 1.54) is 23.9 Å². The van der Waals surface area contributed by atoms with Crippen molar-refractivity contribution >= 4 is 29.2 Å². The number of benzene rings is 2. The van der Waals surface area contributed by atoms with Crippen molar-refractivity contribution in [2.45, 2.75) is 42.6 Å². The summed E-state index contributed by atoms with van der Waals surface area (Å²) in [7, 11) is 1.61. The van der Waals surface area contributed by atoms with Crippen LogP contribution in [-0.4, -0.2) is 68.4 Å². The molecule has 12 heteroatoms. The summed E-state index contributed by atoms with van der Waals surface area (Å²) < 4.78 is 50.4. The van der Waals surface area contributed by atoms with Crippen LogP contribution in [0.2, 0.25) is 0 Å². The van der Waals surface area contributed by atoms with Crippen molar-refractivity contribution in [1.29, 1.82) is 0 Å². The fraction of sp³-hybridized carbons (Fsp3) is 0.433. The van der Waals surface area contributed by atoms with Gasteiger partial charge in [-0.05, 0) is 48.7 Å². The van der Waals surface area contributed by atoms with Gasteiger partial charge in [0.2, 0.25) is 0 Å². The second-order valence-corrected chi connectivity index (χ2v) is 11.2. The van der Waals surface area contributed by atoms with Crippen LogP contribution in [0.1, 0.15) is 40.0 Å². The van der Waals surface area contributed by atoms with E-state index in [2.05, 4.69) is 15.2 Å². The predicted molar refractivity (Wildman–Crippen MR) is 156 cm³/mol. The highest BCUT2D eigenvalue weighted by atomic mass is 32.2. The highest BCUT2D eigenvalue weighted by Crippen LogP contribution is 2.32. The van der Waals surface area contributed by atoms with Gasteiger partial charge in [0.1, 0.15) is 5.82 Å². The Bertz CT molecular complexity index is 1340. The van der Waals surface area contributed by atoms with Gasteiger partial charge in [-0.25, -0.2) is 9.97 Å². The minimum atomic E-state index is -4.37. The highest BCUT2D eigenvalue weighted by Gasteiger charge is 2.31. The molecule has 2 saturated heterocycles. The lowest BCUT2D eigenvalue weighted by Gasteiger charge is -2.37. The van der Waals surface area contributed by atoms with E-state index in [0.717, 1.165) is 42.6 Å². The average molecular weight is 602 g/mol. The molecule has 1 amide bonds. The molecule has 1 N–H and O–H groups in total. The van der Waals surface area contributed by atoms with Crippen LogP contribution in [0.5, 0.6) is 0 Å². The number of alkyl halides is 3. The van der Waals surface area contributed by atoms with Gasteiger partial charge in [0, 0.05) is 69.5 Å². The van der Waals surface area contributed by atoms with E-state index in [0.29, 0.717) is 61.5 Å². The van der Waals surface area contributed by atoms with Gasteiger partial charge in [0.25, 0.3) is 5.91 Å². The molecule has 0 saturated carbocycles. The van der Waals surface area contributed by atoms with Crippen LogP contribution in [0.15, 0.2) is 59.8 Å². The monoisotopic (exact) mass is 601 g/mol. The first-order valence-electron chi connectivity index (χ1n) is 13.9. The maximum atomic E-state index is 13.2. The highest BCUT2D eigenvalue weighted by molar-refractivity contribution is 7.98. The molecule has 5 rings (SSSR count). The molecular formula is C30H34F3N5O3S. The van der Waals surface area contributed by atoms with Gasteiger partial charge in [-0.3, -0.25) is 4.79 Å². The molecule has 0 radical (unpaired) electrons. The molecule has 2 aromatic carbocycles. The third-order valence-corrected chi connectivity index (χ3v) is 8.20. The molecule has 1 atom stereocenters. The molecule has 224 valence electrons. The van der Waals surface area contributed by atoms with Crippen LogP contribution in [0, 0.1) is 0 Å². The average Bonchev–Trinajstić information content (AvgIpc) is 3.53. The maximum absolute atomic E-state index is 13.2. The zero-order valence-corrected chi connectivity index (χ0v) is 24.2. The fourth-order valence-corrected chi connectivity index (χ4v) is 5.82. The number of nitrogens with zero attached hydrogens (tertiary/aromatic N) is 4. The Morgan fingerprint density at radius 2 is 1.83 bits per heavy atom. The summed E-state index contributed by atoms with van der Waals surface area (Å²) in [6, 6.07) is 14.9. The van der Waals surface area contributed by atoms with Gasteiger partial charge in [0.15, 0.2) is 5.16 Å². The van der Waals surface area contributed by atoms with Gasteiger partial charge >= 0.3 is 6.18 Å². The maximum Gasteiger partial charge on any atom is 0.416 e. The first-order valence-corrected chi connectivity index (χ1v) is 14.9. The number of aromatic nitrogens is 2. The normalized spacial score (nSPS) is 17.5. The van der Waals surface area contributed by atoms with Crippen molar-refractivity contribution < 1.29 is 27.4 Å². The molecule has 2 aliphatic rings. The zero-order chi connectivity index (χ0) is 29.5. The standard InChI is InChI=1S/C30H34F3N5O3S/c1-40-19-24-17-27(38-13-11-37(12-14-38)25-5-2-4-23(16-25)30(31,32)33)36-29(35-24)42-20-21-7-9-22(10-8-21)28(39)34-18-26-6-3-15-41-26/h2,4-5,7-10,16-17,26H,3,6,11-15,18-20H2,1H3,(H,34,39). The topological polar surface area (TPSA) is 79.8 Å². The van der Waals surface area contributed by atoms with Crippen LogP contribution < -0.4 is 15.1 Å². The molecule has 3 heterocycles. The second kappa shape index (κ2) is 13.7. The SMILES string of the molecule is COCc1cc(N2CCN(c3cccc(C(F)(F)F)c3)CC2)nc(SCc2ccc(C(=O)NCC3CCCO3)cc2)n1. The third-order valence-electron chi connectivity index (χ3n) is 7.28. The summed E-state index contributed by atoms with van der Waals surface area (Å²) in [5.74, 6) is 1.27. The summed E-state index contributed by atoms with van der Waals surface area (Å²) in [4.78, 5) is 26.0. The summed E-state index contributed by atoms with van der Waals surface area (Å²) in [5.41, 5.74) is 2.31. The van der Waals surface area contributed by atoms with Crippen molar-refractivity contribution in [3.8, 4) is 0 Å². The zero-order valence-electron chi connectivity index (χ0n) is 23.4. The van der Waals surface area contributed by atoms with Crippen molar-refractivity contribution in [1.82, 2.24) is 15.3 Å². The van der Waals surface area contributed by atoms with E-state index < -0.39 is 11.7 Å². The van der Waals surface area contributed by atoms with Crippen molar-refractivity contribution in [2.24, 2.45) is 0 Å². The predicted octanol–water partition coefficient (Wildman–Crippen LogP) is 5.17. The van der Waals surface area contributed by atoms with Crippen LogP contribution in [-0.2, 0) is 28.0 Å². The number of hydrogen-bond acceptors (Lipinski definition) is 8. The largest absolute Gasteiger partial charge is 0.416 e. The Hall–Kier alpha value is -3.35. The molecule has 1 aromatic heterocycles. The van der Waals surface area contributed by atoms with Gasteiger partial charge in [-0.2, -0.15) is 13.2 Å². The number of hydrogen-bond donors (Lipinski definition) is 1. The number of halogens is 3. The van der Waals surface area contributed by atoms with E-state index >= 15 is 0 Å². The Kier molecular flexibility index (Phi) is 9.86. The molecule has 0 spiro atoms. The Balaban J connectivity index is 1.19. The van der Waals surface area contributed by atoms with Crippen LogP contribution in [0.3, 0.4) is 0 Å². The van der Waals surface area contributed by atoms with E-state index in [4.69, 9.17) is 14.5 Å². The number of carbonyl (C=O) groups excluding carboxylic acids is 1.